The number of Topliss-reactive ketones (excluding diaryl/α,β-unsaturated/α-hetero) is 2. The molecule has 0 radical (unpaired) electrons. The first-order chi connectivity index (χ1) is 22.2. The summed E-state index contributed by atoms with van der Waals surface area (Å²) in [5, 5.41) is 0.413. The predicted molar refractivity (Wildman–Crippen MR) is 166 cm³/mol. The Hall–Kier alpha value is -4.64. The summed E-state index contributed by atoms with van der Waals surface area (Å²) >= 11 is 0. The van der Waals surface area contributed by atoms with E-state index < -0.39 is 23.9 Å². The highest BCUT2D eigenvalue weighted by Crippen LogP contribution is 2.46. The molecule has 2 aliphatic rings. The molecule has 0 saturated carbocycles. The molecule has 0 spiro atoms. The van der Waals surface area contributed by atoms with Crippen molar-refractivity contribution in [2.75, 3.05) is 26.4 Å². The Morgan fingerprint density at radius 2 is 1.41 bits per heavy atom. The van der Waals surface area contributed by atoms with Crippen LogP contribution in [0, 0.1) is 0 Å². The second-order valence-electron chi connectivity index (χ2n) is 11.2. The molecule has 1 saturated heterocycles. The molecule has 46 heavy (non-hydrogen) atoms. The van der Waals surface area contributed by atoms with Gasteiger partial charge in [-0.05, 0) is 53.6 Å². The summed E-state index contributed by atoms with van der Waals surface area (Å²) in [5.74, 6) is -1.62. The first-order valence-corrected chi connectivity index (χ1v) is 15.6. The van der Waals surface area contributed by atoms with Crippen molar-refractivity contribution in [1.82, 2.24) is 5.06 Å². The van der Waals surface area contributed by atoms with Crippen molar-refractivity contribution in [1.29, 1.82) is 0 Å². The highest BCUT2D eigenvalue weighted by atomic mass is 16.8. The first-order valence-electron chi connectivity index (χ1n) is 15.6. The topological polar surface area (TPSA) is 143 Å². The molecule has 244 valence electrons. The third-order valence-corrected chi connectivity index (χ3v) is 7.83. The van der Waals surface area contributed by atoms with E-state index in [1.807, 2.05) is 12.1 Å². The summed E-state index contributed by atoms with van der Waals surface area (Å²) in [4.78, 5) is 77.9. The molecule has 1 atom stereocenters. The molecule has 1 heterocycles. The number of ether oxygens (including phenoxy) is 3. The van der Waals surface area contributed by atoms with E-state index in [4.69, 9.17) is 19.0 Å². The lowest BCUT2D eigenvalue weighted by molar-refractivity contribution is -0.177. The summed E-state index contributed by atoms with van der Waals surface area (Å²) in [6.07, 6.45) is 3.04. The molecular weight excluding hydrogens is 594 g/mol. The van der Waals surface area contributed by atoms with Crippen LogP contribution in [0.5, 0.6) is 0 Å². The summed E-state index contributed by atoms with van der Waals surface area (Å²) in [6, 6.07) is 10.7. The van der Waals surface area contributed by atoms with Crippen LogP contribution in [0.15, 0.2) is 48.7 Å². The predicted octanol–water partition coefficient (Wildman–Crippen LogP) is 5.88. The molecule has 4 rings (SSSR count). The van der Waals surface area contributed by atoms with Crippen molar-refractivity contribution >= 4 is 35.8 Å². The van der Waals surface area contributed by atoms with Gasteiger partial charge in [0.1, 0.15) is 12.9 Å². The van der Waals surface area contributed by atoms with Gasteiger partial charge in [0.15, 0.2) is 11.6 Å². The Kier molecular flexibility index (Phi) is 12.4. The molecule has 0 N–H and O–H groups in total. The maximum atomic E-state index is 13.1. The third-order valence-electron chi connectivity index (χ3n) is 7.83. The maximum absolute atomic E-state index is 13.1. The number of benzene rings is 2. The summed E-state index contributed by atoms with van der Waals surface area (Å²) in [5.41, 5.74) is 4.10. The fourth-order valence-electron chi connectivity index (χ4n) is 5.37. The molecule has 1 aliphatic heterocycles. The van der Waals surface area contributed by atoms with E-state index in [1.54, 1.807) is 24.3 Å². The molecule has 1 unspecified atom stereocenters. The van der Waals surface area contributed by atoms with E-state index in [0.717, 1.165) is 35.1 Å². The van der Waals surface area contributed by atoms with Gasteiger partial charge in [-0.2, -0.15) is 0 Å². The Labute approximate surface area is 267 Å². The Bertz CT molecular complexity index is 1480. The van der Waals surface area contributed by atoms with E-state index in [2.05, 4.69) is 13.5 Å². The number of ketones is 2. The molecule has 2 aromatic carbocycles. The Morgan fingerprint density at radius 1 is 0.848 bits per heavy atom. The van der Waals surface area contributed by atoms with Gasteiger partial charge in [0.2, 0.25) is 0 Å². The van der Waals surface area contributed by atoms with E-state index >= 15 is 0 Å². The average molecular weight is 634 g/mol. The number of hydrogen-bond acceptors (Lipinski definition) is 10. The van der Waals surface area contributed by atoms with Crippen LogP contribution >= 0.6 is 0 Å². The maximum Gasteiger partial charge on any atom is 0.533 e. The number of nitrogens with zero attached hydrogens (tertiary/aromatic N) is 1. The SMILES string of the molecule is C=C(CC=O)OCCCC(=O)c1ccc2c(c1)C(COC(=O)ON1C(=O)CCC1=O)c1cc(C(=O)CCCOCCCC)ccc1-2. The van der Waals surface area contributed by atoms with Crippen molar-refractivity contribution < 1.29 is 47.8 Å². The lowest BCUT2D eigenvalue weighted by Gasteiger charge is -2.17. The van der Waals surface area contributed by atoms with Crippen molar-refractivity contribution in [3.05, 3.63) is 71.0 Å². The normalized spacial score (nSPS) is 14.9. The van der Waals surface area contributed by atoms with E-state index in [-0.39, 0.29) is 50.5 Å². The minimum atomic E-state index is -1.21. The molecule has 1 fully saturated rings. The minimum absolute atomic E-state index is 0.0445. The standard InChI is InChI=1S/C35H39NO10/c1-3-4-17-43-18-5-7-31(38)24-9-11-26-27-12-10-25(32(39)8-6-19-44-23(2)15-16-37)21-29(27)30(28(26)20-24)22-45-35(42)46-36-33(40)13-14-34(36)41/h9-12,16,20-21,30H,2-8,13-15,17-19,22H2,1H3. The quantitative estimate of drug-likeness (QED) is 0.0460. The average Bonchev–Trinajstić information content (AvgIpc) is 3.53. The second kappa shape index (κ2) is 16.6. The number of fused-ring (bicyclic) bond motifs is 3. The number of amides is 2. The smallest absolute Gasteiger partial charge is 0.498 e. The number of allylic oxidation sites excluding steroid dienone is 1. The number of rotatable bonds is 19. The zero-order valence-corrected chi connectivity index (χ0v) is 26.0. The Balaban J connectivity index is 1.49. The number of imide groups is 1. The number of aldehydes is 1. The summed E-state index contributed by atoms with van der Waals surface area (Å²) in [6.45, 7) is 6.93. The highest BCUT2D eigenvalue weighted by Gasteiger charge is 2.35. The van der Waals surface area contributed by atoms with Crippen LogP contribution < -0.4 is 0 Å². The molecule has 1 aliphatic carbocycles. The van der Waals surface area contributed by atoms with Gasteiger partial charge in [-0.3, -0.25) is 24.0 Å². The van der Waals surface area contributed by atoms with Crippen LogP contribution in [0.3, 0.4) is 0 Å². The number of hydrogen-bond donors (Lipinski definition) is 0. The van der Waals surface area contributed by atoms with Gasteiger partial charge in [-0.25, -0.2) is 4.79 Å². The lowest BCUT2D eigenvalue weighted by atomic mass is 9.93. The van der Waals surface area contributed by atoms with E-state index in [9.17, 15) is 28.8 Å². The number of hydroxylamine groups is 2. The highest BCUT2D eigenvalue weighted by molar-refractivity contribution is 6.01. The minimum Gasteiger partial charge on any atom is -0.498 e. The molecule has 0 aromatic heterocycles. The van der Waals surface area contributed by atoms with Crippen LogP contribution in [0.4, 0.5) is 4.79 Å². The van der Waals surface area contributed by atoms with Crippen LogP contribution in [0.1, 0.15) is 102 Å². The lowest BCUT2D eigenvalue weighted by Crippen LogP contribution is -2.32. The van der Waals surface area contributed by atoms with Gasteiger partial charge in [0.25, 0.3) is 11.8 Å². The number of unbranched alkanes of at least 4 members (excludes halogenated alkanes) is 1. The molecule has 2 amide bonds. The molecule has 11 heteroatoms. The number of carbonyl (C=O) groups excluding carboxylic acids is 6. The molecule has 0 bridgehead atoms. The van der Waals surface area contributed by atoms with Crippen molar-refractivity contribution in [2.24, 2.45) is 0 Å². The first kappa shape index (κ1) is 34.2. The van der Waals surface area contributed by atoms with Crippen LogP contribution in [0.2, 0.25) is 0 Å². The fraction of sp³-hybridized carbons (Fsp3) is 0.429. The van der Waals surface area contributed by atoms with Crippen LogP contribution in [-0.2, 0) is 33.4 Å². The van der Waals surface area contributed by atoms with Gasteiger partial charge in [0, 0.05) is 55.9 Å². The second-order valence-corrected chi connectivity index (χ2v) is 11.2. The monoisotopic (exact) mass is 633 g/mol. The zero-order valence-electron chi connectivity index (χ0n) is 26.0. The molecular formula is C35H39NO10. The largest absolute Gasteiger partial charge is 0.533 e. The van der Waals surface area contributed by atoms with Crippen molar-refractivity contribution in [3.8, 4) is 11.1 Å². The van der Waals surface area contributed by atoms with Gasteiger partial charge in [-0.1, -0.05) is 49.3 Å². The van der Waals surface area contributed by atoms with Crippen molar-refractivity contribution in [2.45, 2.75) is 70.6 Å². The Morgan fingerprint density at radius 3 is 1.98 bits per heavy atom. The van der Waals surface area contributed by atoms with Gasteiger partial charge >= 0.3 is 6.16 Å². The van der Waals surface area contributed by atoms with E-state index in [0.29, 0.717) is 60.7 Å². The van der Waals surface area contributed by atoms with Gasteiger partial charge < -0.3 is 19.0 Å². The van der Waals surface area contributed by atoms with Crippen molar-refractivity contribution in [3.63, 3.8) is 0 Å². The molecule has 11 nitrogen and oxygen atoms in total. The van der Waals surface area contributed by atoms with Gasteiger partial charge in [0.05, 0.1) is 18.8 Å². The summed E-state index contributed by atoms with van der Waals surface area (Å²) < 4.78 is 16.3. The van der Waals surface area contributed by atoms with Crippen LogP contribution in [0.25, 0.3) is 11.1 Å². The van der Waals surface area contributed by atoms with E-state index in [1.165, 1.54) is 0 Å². The molecule has 2 aromatic rings. The van der Waals surface area contributed by atoms with Gasteiger partial charge in [-0.15, -0.1) is 0 Å². The number of carbonyl (C=O) groups is 6. The fourth-order valence-corrected chi connectivity index (χ4v) is 5.37. The summed E-state index contributed by atoms with van der Waals surface area (Å²) in [7, 11) is 0. The zero-order chi connectivity index (χ0) is 33.1. The van der Waals surface area contributed by atoms with Crippen LogP contribution in [-0.4, -0.2) is 67.3 Å². The third kappa shape index (κ3) is 8.75.